The summed E-state index contributed by atoms with van der Waals surface area (Å²) in [5.74, 6) is 1.48. The first-order valence-electron chi connectivity index (χ1n) is 50.5. The Balaban J connectivity index is 0.000000263. The first-order chi connectivity index (χ1) is 62.4. The first kappa shape index (κ1) is 112. The lowest BCUT2D eigenvalue weighted by atomic mass is 9.75. The van der Waals surface area contributed by atoms with Crippen LogP contribution in [0.3, 0.4) is 0 Å². The predicted octanol–water partition coefficient (Wildman–Crippen LogP) is 18.0. The van der Waals surface area contributed by atoms with Crippen LogP contribution in [0.1, 0.15) is 283 Å². The highest BCUT2D eigenvalue weighted by Gasteiger charge is 2.49. The Morgan fingerprint density at radius 2 is 0.847 bits per heavy atom. The van der Waals surface area contributed by atoms with Crippen LogP contribution in [0.4, 0.5) is 4.39 Å². The van der Waals surface area contributed by atoms with Gasteiger partial charge in [-0.2, -0.15) is 0 Å². The maximum Gasteiger partial charge on any atom is 0.165 e. The van der Waals surface area contributed by atoms with Gasteiger partial charge in [-0.3, -0.25) is 19.6 Å². The molecule has 2 atom stereocenters. The van der Waals surface area contributed by atoms with Crippen LogP contribution in [0.25, 0.3) is 0 Å². The van der Waals surface area contributed by atoms with Crippen molar-refractivity contribution in [3.63, 3.8) is 0 Å². The number of nitrogens with zero attached hydrogens (tertiary/aromatic N) is 5. The minimum Gasteiger partial charge on any atom is -0.494 e. The molecular weight excluding hydrogens is 1640 g/mol. The molecule has 6 saturated heterocycles. The van der Waals surface area contributed by atoms with Gasteiger partial charge in [0.05, 0.1) is 69.2 Å². The van der Waals surface area contributed by atoms with Crippen LogP contribution in [0, 0.1) is 29.5 Å². The number of para-hydroxylation sites is 1. The second kappa shape index (κ2) is 57.4. The molecule has 20 nitrogen and oxygen atoms in total. The number of morpholine rings is 1. The number of methoxy groups -OCH3 is 1. The monoisotopic (exact) mass is 1830 g/mol. The van der Waals surface area contributed by atoms with Crippen molar-refractivity contribution < 1.29 is 56.7 Å². The second-order valence-corrected chi connectivity index (χ2v) is 41.9. The van der Waals surface area contributed by atoms with E-state index in [0.29, 0.717) is 77.6 Å². The van der Waals surface area contributed by atoms with Crippen LogP contribution in [0.2, 0.25) is 0 Å². The fraction of sp³-hybridized carbons (Fsp3) is 0.673. The lowest BCUT2D eigenvalue weighted by molar-refractivity contribution is -0.195. The van der Waals surface area contributed by atoms with E-state index in [1.165, 1.54) is 74.5 Å². The summed E-state index contributed by atoms with van der Waals surface area (Å²) in [4.78, 5) is 12.2. The lowest BCUT2D eigenvalue weighted by Crippen LogP contribution is -2.67. The molecule has 8 fully saturated rings. The number of aliphatic hydroxyl groups excluding tert-OH is 2. The van der Waals surface area contributed by atoms with Gasteiger partial charge < -0.3 is 81.1 Å². The normalized spacial score (nSPS) is 18.9. The smallest absolute Gasteiger partial charge is 0.165 e. The third-order valence-corrected chi connectivity index (χ3v) is 25.5. The number of aliphatic hydroxyl groups is 6. The summed E-state index contributed by atoms with van der Waals surface area (Å²) in [5.41, 5.74) is 7.98. The Morgan fingerprint density at radius 1 is 0.450 bits per heavy atom. The zero-order chi connectivity index (χ0) is 99.2. The Labute approximate surface area is 797 Å². The van der Waals surface area contributed by atoms with Gasteiger partial charge in [-0.05, 0) is 255 Å². The van der Waals surface area contributed by atoms with Gasteiger partial charge in [-0.1, -0.05) is 191 Å². The van der Waals surface area contributed by atoms with E-state index >= 15 is 0 Å². The number of halogens is 1. The molecule has 6 aromatic rings. The zero-order valence-electron chi connectivity index (χ0n) is 88.4. The van der Waals surface area contributed by atoms with Crippen molar-refractivity contribution in [2.75, 3.05) is 112 Å². The maximum absolute atomic E-state index is 13.2. The molecule has 6 aliphatic heterocycles. The highest BCUT2D eigenvalue weighted by molar-refractivity contribution is 5.34. The number of likely N-dealkylation sites (tertiary alicyclic amines) is 4. The summed E-state index contributed by atoms with van der Waals surface area (Å²) in [5, 5.41) is 74.3. The molecule has 0 amide bonds. The fourth-order valence-electron chi connectivity index (χ4n) is 15.6. The number of hydrogen-bond acceptors (Lipinski definition) is 20. The van der Waals surface area contributed by atoms with E-state index in [1.807, 2.05) is 45.0 Å². The molecule has 14 rings (SSSR count). The molecule has 131 heavy (non-hydrogen) atoms. The summed E-state index contributed by atoms with van der Waals surface area (Å²) >= 11 is 0. The van der Waals surface area contributed by atoms with Crippen LogP contribution in [0.15, 0.2) is 140 Å². The summed E-state index contributed by atoms with van der Waals surface area (Å²) in [6.07, 6.45) is 9.62. The van der Waals surface area contributed by atoms with Crippen molar-refractivity contribution in [1.29, 1.82) is 0 Å². The summed E-state index contributed by atoms with van der Waals surface area (Å²) in [7, 11) is 1.46. The minimum atomic E-state index is -1.55. The second-order valence-electron chi connectivity index (χ2n) is 41.9. The third kappa shape index (κ3) is 42.7. The molecule has 6 aromatic carbocycles. The lowest BCUT2D eigenvalue weighted by Gasteiger charge is -2.56. The van der Waals surface area contributed by atoms with Crippen LogP contribution < -0.4 is 36.1 Å². The van der Waals surface area contributed by atoms with E-state index in [-0.39, 0.29) is 30.5 Å². The minimum absolute atomic E-state index is 0.0685. The molecule has 0 radical (unpaired) electrons. The first-order valence-corrected chi connectivity index (χ1v) is 49.5. The van der Waals surface area contributed by atoms with Crippen LogP contribution in [-0.2, 0) is 64.6 Å². The van der Waals surface area contributed by atoms with Crippen LogP contribution in [0.5, 0.6) is 11.5 Å². The summed E-state index contributed by atoms with van der Waals surface area (Å²) < 4.78 is 50.3. The van der Waals surface area contributed by atoms with E-state index in [9.17, 15) is 24.8 Å². The molecule has 742 valence electrons. The average Bonchev–Trinajstić information content (AvgIpc) is 1.65. The molecule has 2 unspecified atom stereocenters. The third-order valence-electron chi connectivity index (χ3n) is 25.5. The number of rotatable bonds is 30. The zero-order valence-corrected chi connectivity index (χ0v) is 86.4. The molecule has 2 aliphatic carbocycles. The van der Waals surface area contributed by atoms with Crippen molar-refractivity contribution in [3.05, 3.63) is 201 Å². The Bertz CT molecular complexity index is 4100. The number of hydrogen-bond donors (Lipinski definition) is 11. The molecule has 11 N–H and O–H groups in total. The molecular formula is C110H185FN10O10. The fourth-order valence-corrected chi connectivity index (χ4v) is 15.6. The van der Waals surface area contributed by atoms with Crippen molar-refractivity contribution in [2.24, 2.45) is 16.7 Å². The van der Waals surface area contributed by atoms with E-state index in [4.69, 9.17) is 31.9 Å². The van der Waals surface area contributed by atoms with Crippen molar-refractivity contribution in [3.8, 4) is 11.5 Å². The molecule has 2 saturated carbocycles. The van der Waals surface area contributed by atoms with Gasteiger partial charge in [-0.15, -0.1) is 0 Å². The van der Waals surface area contributed by atoms with E-state index < -0.39 is 28.9 Å². The topological polar surface area (TPSA) is 235 Å². The Morgan fingerprint density at radius 3 is 1.19 bits per heavy atom. The summed E-state index contributed by atoms with van der Waals surface area (Å²) in [6, 6.07) is 50.3. The number of benzene rings is 6. The average molecular weight is 1830 g/mol. The van der Waals surface area contributed by atoms with Crippen molar-refractivity contribution in [1.82, 2.24) is 51.1 Å². The highest BCUT2D eigenvalue weighted by atomic mass is 19.1. The van der Waals surface area contributed by atoms with Crippen LogP contribution in [-0.4, -0.2) is 234 Å². The molecule has 1 spiro atoms. The molecule has 0 aromatic heterocycles. The molecule has 0 bridgehead atoms. The quantitative estimate of drug-likeness (QED) is 0.0201. The van der Waals surface area contributed by atoms with Gasteiger partial charge in [0.25, 0.3) is 0 Å². The standard InChI is InChI=1S/C15H23NO.2C14H21NO.2C13H21NO.C11H16FNO.C8H17NO2.C8H15NO.C7H15NO.C7H15N/c1-11(2)16-10-12-4-6-13(7-5-12)15(3,17)14-8-9-14;1-11(2)15-10-12-4-6-13(7-5-12)14(16)8-3-9-14;1-11(2)15-9-8-13(10-15)16-14-7-5-4-6-12(14)3;2*1-10(2)14-9-11-5-7-12(8-6-11)13(3,4)15;1-8(2)13-7-9-4-5-11(14-3)10(12)6-9;1-7(2)9-3-8(4-9,5-10)6-11;1-7(2)9-3-8(4-9)5-10-6-8;1-7(2)8-3-5-9-6-4-8;1-7(2)8-5-3-4-6-8/h4-7,11,14,16-17H,8-10H2,1-3H3;4-7,11,15-16H,3,8-10H2,1-2H3;4-7,11,13H,8-10H2,1-3H3;2*5-8,10,14-15H,9H2,1-4H3;4-6,8,13H,7H2,1-3H3;7,10-11H,3-6H2,1-2H3;7H,3-6H2,1-2H3;7H,3-6H2,1-2H3;7H,3-6H2,1-2H3/i;;;9D2;;;;;;. The van der Waals surface area contributed by atoms with Gasteiger partial charge >= 0.3 is 0 Å². The van der Waals surface area contributed by atoms with Gasteiger partial charge in [0.1, 0.15) is 11.9 Å². The SMILES string of the molecule is CC(C)N1CC(CO)(CO)C1.CC(C)N1CC2(COC2)C1.CC(C)N1CCCC1.CC(C)N1CCOCC1.CC(C)NCc1ccc(C(C)(C)O)cc1.CC(C)NCc1ccc(C(C)(O)C2CC2)cc1.CC(C)NCc1ccc(C2(O)CCC2)cc1.COc1ccc(CNC(C)C)cc1F.Cc1ccccc1OC1CCN(C(C)C)C1.[2H]C([2H])(NC(C)C)c1ccc(C(C)(C)O)cc1. The van der Waals surface area contributed by atoms with Gasteiger partial charge in [0, 0.05) is 159 Å². The highest BCUT2D eigenvalue weighted by Crippen LogP contribution is 2.46. The van der Waals surface area contributed by atoms with Gasteiger partial charge in [0.2, 0.25) is 0 Å². The molecule has 21 heteroatoms. The maximum atomic E-state index is 13.2. The number of aryl methyl sites for hydroxylation is 1. The van der Waals surface area contributed by atoms with Crippen LogP contribution >= 0.6 is 0 Å². The van der Waals surface area contributed by atoms with Crippen molar-refractivity contribution >= 4 is 0 Å². The van der Waals surface area contributed by atoms with Crippen molar-refractivity contribution in [2.45, 2.75) is 353 Å². The number of ether oxygens (including phenoxy) is 4. The largest absolute Gasteiger partial charge is 0.494 e. The predicted molar refractivity (Wildman–Crippen MR) is 543 cm³/mol. The Hall–Kier alpha value is -5.87. The van der Waals surface area contributed by atoms with E-state index in [2.05, 4.69) is 261 Å². The van der Waals surface area contributed by atoms with E-state index in [1.54, 1.807) is 58.0 Å². The van der Waals surface area contributed by atoms with E-state index in [0.717, 1.165) is 170 Å². The Kier molecular flexibility index (Phi) is 49.1. The van der Waals surface area contributed by atoms with Gasteiger partial charge in [-0.25, -0.2) is 4.39 Å². The van der Waals surface area contributed by atoms with Gasteiger partial charge in [0.15, 0.2) is 11.6 Å². The summed E-state index contributed by atoms with van der Waals surface area (Å²) in [6.45, 7) is 71.2. The molecule has 6 heterocycles. The molecule has 8 aliphatic rings. The number of nitrogens with one attached hydrogen (secondary N) is 5.